The lowest BCUT2D eigenvalue weighted by Crippen LogP contribution is -2.34. The van der Waals surface area contributed by atoms with E-state index in [1.807, 2.05) is 35.0 Å². The summed E-state index contributed by atoms with van der Waals surface area (Å²) in [6.07, 6.45) is 8.95. The standard InChI is InChI=1S/C14H23N5/c1-14(2,3)15-7-13-9-17-19(11-13)6-5-12-8-16-18(4)10-12/h8-11,15H,5-7H2,1-4H3. The molecule has 0 aliphatic heterocycles. The van der Waals surface area contributed by atoms with Crippen LogP contribution in [0.1, 0.15) is 31.9 Å². The van der Waals surface area contributed by atoms with Crippen LogP contribution in [0.3, 0.4) is 0 Å². The Morgan fingerprint density at radius 3 is 2.47 bits per heavy atom. The number of aryl methyl sites for hydroxylation is 3. The van der Waals surface area contributed by atoms with Gasteiger partial charge < -0.3 is 5.32 Å². The topological polar surface area (TPSA) is 47.7 Å². The average Bonchev–Trinajstić information content (AvgIpc) is 2.92. The van der Waals surface area contributed by atoms with Crippen LogP contribution in [0.4, 0.5) is 0 Å². The number of rotatable bonds is 5. The maximum absolute atomic E-state index is 4.39. The second-order valence-electron chi connectivity index (χ2n) is 5.99. The predicted molar refractivity (Wildman–Crippen MR) is 75.7 cm³/mol. The molecule has 2 rings (SSSR count). The first-order chi connectivity index (χ1) is 8.92. The Labute approximate surface area is 114 Å². The Kier molecular flexibility index (Phi) is 4.04. The molecule has 2 aromatic heterocycles. The van der Waals surface area contributed by atoms with Gasteiger partial charge in [0.05, 0.1) is 12.4 Å². The molecule has 2 heterocycles. The summed E-state index contributed by atoms with van der Waals surface area (Å²) in [5, 5.41) is 12.0. The second-order valence-corrected chi connectivity index (χ2v) is 5.99. The van der Waals surface area contributed by atoms with Gasteiger partial charge >= 0.3 is 0 Å². The van der Waals surface area contributed by atoms with Crippen LogP contribution in [-0.2, 0) is 26.6 Å². The Bertz CT molecular complexity index is 518. The highest BCUT2D eigenvalue weighted by atomic mass is 15.3. The highest BCUT2D eigenvalue weighted by molar-refractivity contribution is 5.06. The first-order valence-electron chi connectivity index (χ1n) is 6.66. The van der Waals surface area contributed by atoms with Crippen LogP contribution in [0.15, 0.2) is 24.8 Å². The molecule has 0 amide bonds. The van der Waals surface area contributed by atoms with Crippen molar-refractivity contribution in [3.63, 3.8) is 0 Å². The van der Waals surface area contributed by atoms with Gasteiger partial charge in [0.2, 0.25) is 0 Å². The zero-order valence-electron chi connectivity index (χ0n) is 12.2. The Morgan fingerprint density at radius 2 is 1.84 bits per heavy atom. The maximum Gasteiger partial charge on any atom is 0.0534 e. The van der Waals surface area contributed by atoms with Crippen molar-refractivity contribution in [1.29, 1.82) is 0 Å². The zero-order valence-corrected chi connectivity index (χ0v) is 12.2. The Morgan fingerprint density at radius 1 is 1.11 bits per heavy atom. The number of hydrogen-bond donors (Lipinski definition) is 1. The highest BCUT2D eigenvalue weighted by Crippen LogP contribution is 2.05. The third-order valence-corrected chi connectivity index (χ3v) is 2.90. The molecule has 0 aromatic carbocycles. The van der Waals surface area contributed by atoms with E-state index in [-0.39, 0.29) is 5.54 Å². The van der Waals surface area contributed by atoms with Gasteiger partial charge in [-0.15, -0.1) is 0 Å². The molecule has 5 nitrogen and oxygen atoms in total. The molecule has 0 fully saturated rings. The van der Waals surface area contributed by atoms with E-state index in [0.29, 0.717) is 0 Å². The second kappa shape index (κ2) is 5.57. The van der Waals surface area contributed by atoms with Crippen molar-refractivity contribution in [3.8, 4) is 0 Å². The van der Waals surface area contributed by atoms with E-state index in [4.69, 9.17) is 0 Å². The highest BCUT2D eigenvalue weighted by Gasteiger charge is 2.09. The van der Waals surface area contributed by atoms with Gasteiger partial charge in [0.15, 0.2) is 0 Å². The Hall–Kier alpha value is -1.62. The molecule has 104 valence electrons. The molecule has 0 aliphatic rings. The molecule has 1 N–H and O–H groups in total. The monoisotopic (exact) mass is 261 g/mol. The van der Waals surface area contributed by atoms with Crippen molar-refractivity contribution in [2.24, 2.45) is 7.05 Å². The third-order valence-electron chi connectivity index (χ3n) is 2.90. The molecular weight excluding hydrogens is 238 g/mol. The minimum absolute atomic E-state index is 0.137. The first-order valence-corrected chi connectivity index (χ1v) is 6.66. The van der Waals surface area contributed by atoms with Crippen LogP contribution in [-0.4, -0.2) is 25.1 Å². The van der Waals surface area contributed by atoms with Crippen molar-refractivity contribution in [2.75, 3.05) is 0 Å². The van der Waals surface area contributed by atoms with Gasteiger partial charge in [-0.2, -0.15) is 10.2 Å². The molecule has 0 unspecified atom stereocenters. The lowest BCUT2D eigenvalue weighted by atomic mass is 10.1. The zero-order chi connectivity index (χ0) is 13.9. The molecule has 0 spiro atoms. The third kappa shape index (κ3) is 4.52. The van der Waals surface area contributed by atoms with Crippen LogP contribution < -0.4 is 5.32 Å². The van der Waals surface area contributed by atoms with Gasteiger partial charge in [-0.05, 0) is 32.8 Å². The normalized spacial score (nSPS) is 12.0. The van der Waals surface area contributed by atoms with Crippen molar-refractivity contribution in [2.45, 2.75) is 45.8 Å². The molecule has 19 heavy (non-hydrogen) atoms. The Balaban J connectivity index is 1.84. The van der Waals surface area contributed by atoms with Crippen LogP contribution in [0.25, 0.3) is 0 Å². The molecule has 0 saturated heterocycles. The first kappa shape index (κ1) is 13.8. The minimum Gasteiger partial charge on any atom is -0.308 e. The number of hydrogen-bond acceptors (Lipinski definition) is 3. The van der Waals surface area contributed by atoms with Gasteiger partial charge in [0, 0.05) is 43.6 Å². The SMILES string of the molecule is Cn1cc(CCn2cc(CNC(C)(C)C)cn2)cn1. The van der Waals surface area contributed by atoms with Gasteiger partial charge in [-0.1, -0.05) is 0 Å². The van der Waals surface area contributed by atoms with Crippen LogP contribution >= 0.6 is 0 Å². The van der Waals surface area contributed by atoms with Crippen LogP contribution in [0.2, 0.25) is 0 Å². The summed E-state index contributed by atoms with van der Waals surface area (Å²) < 4.78 is 3.82. The molecule has 0 saturated carbocycles. The molecule has 0 bridgehead atoms. The van der Waals surface area contributed by atoms with Crippen LogP contribution in [0, 0.1) is 0 Å². The molecule has 0 atom stereocenters. The molecule has 5 heteroatoms. The smallest absolute Gasteiger partial charge is 0.0534 e. The molecule has 0 aliphatic carbocycles. The summed E-state index contributed by atoms with van der Waals surface area (Å²) in [5.74, 6) is 0. The summed E-state index contributed by atoms with van der Waals surface area (Å²) in [7, 11) is 1.94. The predicted octanol–water partition coefficient (Wildman–Crippen LogP) is 1.75. The molecule has 0 radical (unpaired) electrons. The van der Waals surface area contributed by atoms with Crippen molar-refractivity contribution < 1.29 is 0 Å². The van der Waals surface area contributed by atoms with E-state index in [9.17, 15) is 0 Å². The van der Waals surface area contributed by atoms with E-state index in [2.05, 4.69) is 42.5 Å². The summed E-state index contributed by atoms with van der Waals surface area (Å²) in [6, 6.07) is 0. The van der Waals surface area contributed by atoms with Gasteiger partial charge in [0.1, 0.15) is 0 Å². The fourth-order valence-electron chi connectivity index (χ4n) is 1.83. The summed E-state index contributed by atoms with van der Waals surface area (Å²) in [6.45, 7) is 8.25. The average molecular weight is 261 g/mol. The van der Waals surface area contributed by atoms with Crippen molar-refractivity contribution >= 4 is 0 Å². The van der Waals surface area contributed by atoms with Gasteiger partial charge in [-0.25, -0.2) is 0 Å². The maximum atomic E-state index is 4.39. The van der Waals surface area contributed by atoms with Gasteiger partial charge in [-0.3, -0.25) is 9.36 Å². The largest absolute Gasteiger partial charge is 0.308 e. The van der Waals surface area contributed by atoms with E-state index in [1.165, 1.54) is 11.1 Å². The lowest BCUT2D eigenvalue weighted by molar-refractivity contribution is 0.424. The summed E-state index contributed by atoms with van der Waals surface area (Å²) in [4.78, 5) is 0. The van der Waals surface area contributed by atoms with E-state index >= 15 is 0 Å². The quantitative estimate of drug-likeness (QED) is 0.892. The number of nitrogens with one attached hydrogen (secondary N) is 1. The minimum atomic E-state index is 0.137. The van der Waals surface area contributed by atoms with E-state index < -0.39 is 0 Å². The van der Waals surface area contributed by atoms with Gasteiger partial charge in [0.25, 0.3) is 0 Å². The summed E-state index contributed by atoms with van der Waals surface area (Å²) >= 11 is 0. The molecular formula is C14H23N5. The van der Waals surface area contributed by atoms with E-state index in [0.717, 1.165) is 19.5 Å². The fraction of sp³-hybridized carbons (Fsp3) is 0.571. The number of nitrogens with zero attached hydrogens (tertiary/aromatic N) is 4. The summed E-state index contributed by atoms with van der Waals surface area (Å²) in [5.41, 5.74) is 2.60. The molecule has 2 aromatic rings. The van der Waals surface area contributed by atoms with Crippen molar-refractivity contribution in [1.82, 2.24) is 24.9 Å². The number of aromatic nitrogens is 4. The van der Waals surface area contributed by atoms with Crippen LogP contribution in [0.5, 0.6) is 0 Å². The van der Waals surface area contributed by atoms with E-state index in [1.54, 1.807) is 0 Å². The lowest BCUT2D eigenvalue weighted by Gasteiger charge is -2.19. The fourth-order valence-corrected chi connectivity index (χ4v) is 1.83. The van der Waals surface area contributed by atoms with Crippen molar-refractivity contribution in [3.05, 3.63) is 35.9 Å².